The Kier molecular flexibility index (Phi) is 4.31. The Labute approximate surface area is 106 Å². The van der Waals surface area contributed by atoms with Crippen molar-refractivity contribution in [1.29, 1.82) is 0 Å². The largest absolute Gasteiger partial charge is 0.479 e. The highest BCUT2D eigenvalue weighted by molar-refractivity contribution is 5.81. The average Bonchev–Trinajstić information content (AvgIpc) is 2.24. The Morgan fingerprint density at radius 1 is 1.33 bits per heavy atom. The summed E-state index contributed by atoms with van der Waals surface area (Å²) < 4.78 is 5.03. The number of carbonyl (C=O) groups is 2. The molecule has 0 aliphatic rings. The van der Waals surface area contributed by atoms with Crippen LogP contribution in [-0.4, -0.2) is 22.8 Å². The number of ether oxygens (including phenoxy) is 1. The van der Waals surface area contributed by atoms with Gasteiger partial charge in [-0.25, -0.2) is 9.59 Å². The van der Waals surface area contributed by atoms with Crippen molar-refractivity contribution in [3.05, 3.63) is 35.9 Å². The second-order valence-corrected chi connectivity index (χ2v) is 4.83. The molecular weight excluding hydrogens is 236 g/mol. The van der Waals surface area contributed by atoms with Crippen LogP contribution in [0.5, 0.6) is 0 Å². The van der Waals surface area contributed by atoms with Gasteiger partial charge in [0.15, 0.2) is 6.04 Å². The molecule has 0 spiro atoms. The van der Waals surface area contributed by atoms with Gasteiger partial charge in [-0.15, -0.1) is 0 Å². The summed E-state index contributed by atoms with van der Waals surface area (Å²) in [4.78, 5) is 22.7. The van der Waals surface area contributed by atoms with Crippen molar-refractivity contribution in [2.75, 3.05) is 0 Å². The highest BCUT2D eigenvalue weighted by Gasteiger charge is 2.24. The number of nitrogens with one attached hydrogen (secondary N) is 1. The monoisotopic (exact) mass is 253 g/mol. The van der Waals surface area contributed by atoms with E-state index in [4.69, 9.17) is 9.84 Å². The van der Waals surface area contributed by atoms with Gasteiger partial charge in [0.1, 0.15) is 5.60 Å². The summed E-state index contributed by atoms with van der Waals surface area (Å²) in [7, 11) is 0. The van der Waals surface area contributed by atoms with Gasteiger partial charge >= 0.3 is 12.1 Å². The normalized spacial score (nSPS) is 12.6. The number of hydrogen-bond acceptors (Lipinski definition) is 3. The molecule has 1 atom stereocenters. The standard InChI is InChI=1S/C13H17NO4/c1-13(2,3)18-12(17)14-10(11(15)16)9-7-5-4-6-8-9/h4-8,10H,1-3H3,(H,14,17)(H,15,16)/t10-/m1/s1/i11+2. The first-order valence-electron chi connectivity index (χ1n) is 5.57. The fraction of sp³-hybridized carbons (Fsp3) is 0.385. The van der Waals surface area contributed by atoms with Crippen molar-refractivity contribution in [2.45, 2.75) is 32.4 Å². The molecule has 0 aromatic heterocycles. The zero-order valence-corrected chi connectivity index (χ0v) is 10.6. The van der Waals surface area contributed by atoms with Crippen LogP contribution >= 0.6 is 0 Å². The van der Waals surface area contributed by atoms with Crippen LogP contribution in [0, 0.1) is 0 Å². The van der Waals surface area contributed by atoms with Crippen molar-refractivity contribution in [3.63, 3.8) is 0 Å². The summed E-state index contributed by atoms with van der Waals surface area (Å²) >= 11 is 0. The van der Waals surface area contributed by atoms with Crippen molar-refractivity contribution in [3.8, 4) is 0 Å². The molecule has 0 bridgehead atoms. The van der Waals surface area contributed by atoms with Gasteiger partial charge in [0, 0.05) is 0 Å². The maximum atomic E-state index is 11.6. The SMILES string of the molecule is CC(C)(C)OC(=O)N[C@H](c1ccccc1)[14C](=O)O. The van der Waals surface area contributed by atoms with E-state index in [-0.39, 0.29) is 0 Å². The Balaban J connectivity index is 2.77. The highest BCUT2D eigenvalue weighted by atomic mass is 16.6. The minimum absolute atomic E-state index is 0.496. The molecule has 0 aliphatic heterocycles. The summed E-state index contributed by atoms with van der Waals surface area (Å²) in [6, 6.07) is 7.35. The third-order valence-electron chi connectivity index (χ3n) is 2.04. The molecule has 0 unspecified atom stereocenters. The Morgan fingerprint density at radius 2 is 1.89 bits per heavy atom. The van der Waals surface area contributed by atoms with E-state index in [2.05, 4.69) is 5.32 Å². The van der Waals surface area contributed by atoms with Crippen LogP contribution in [0.3, 0.4) is 0 Å². The zero-order chi connectivity index (χ0) is 13.8. The molecule has 0 saturated carbocycles. The van der Waals surface area contributed by atoms with Crippen LogP contribution < -0.4 is 5.32 Å². The zero-order valence-electron chi connectivity index (χ0n) is 10.6. The number of alkyl carbamates (subject to hydrolysis) is 1. The first-order chi connectivity index (χ1) is 8.29. The van der Waals surface area contributed by atoms with Crippen LogP contribution in [0.15, 0.2) is 30.3 Å². The van der Waals surface area contributed by atoms with Crippen LogP contribution in [0.2, 0.25) is 0 Å². The summed E-state index contributed by atoms with van der Waals surface area (Å²) in [6.07, 6.45) is -0.751. The first-order valence-corrected chi connectivity index (χ1v) is 5.57. The fourth-order valence-corrected chi connectivity index (χ4v) is 1.36. The van der Waals surface area contributed by atoms with Crippen molar-refractivity contribution in [1.82, 2.24) is 5.32 Å². The van der Waals surface area contributed by atoms with E-state index in [1.54, 1.807) is 51.1 Å². The van der Waals surface area contributed by atoms with E-state index >= 15 is 0 Å². The molecule has 1 aromatic carbocycles. The van der Waals surface area contributed by atoms with Gasteiger partial charge in [-0.05, 0) is 26.3 Å². The summed E-state index contributed by atoms with van der Waals surface area (Å²) in [5, 5.41) is 11.4. The van der Waals surface area contributed by atoms with Crippen LogP contribution in [0.25, 0.3) is 0 Å². The van der Waals surface area contributed by atoms with Gasteiger partial charge in [-0.3, -0.25) is 0 Å². The van der Waals surface area contributed by atoms with Crippen LogP contribution in [0.1, 0.15) is 32.4 Å². The fourth-order valence-electron chi connectivity index (χ4n) is 1.36. The molecule has 1 rings (SSSR count). The van der Waals surface area contributed by atoms with Gasteiger partial charge in [-0.1, -0.05) is 30.3 Å². The lowest BCUT2D eigenvalue weighted by Gasteiger charge is -2.22. The minimum Gasteiger partial charge on any atom is -0.479 e. The van der Waals surface area contributed by atoms with Gasteiger partial charge < -0.3 is 15.2 Å². The van der Waals surface area contributed by atoms with E-state index in [0.29, 0.717) is 5.56 Å². The Hall–Kier alpha value is -2.04. The number of aliphatic carboxylic acids is 1. The van der Waals surface area contributed by atoms with E-state index in [0.717, 1.165) is 0 Å². The molecular formula is C13H17NO4. The molecule has 0 saturated heterocycles. The first kappa shape index (κ1) is 14.0. The van der Waals surface area contributed by atoms with E-state index < -0.39 is 23.7 Å². The van der Waals surface area contributed by atoms with Crippen LogP contribution in [-0.2, 0) is 9.53 Å². The van der Waals surface area contributed by atoms with Crippen molar-refractivity contribution < 1.29 is 19.4 Å². The minimum atomic E-state index is -1.13. The predicted octanol–water partition coefficient (Wildman–Crippen LogP) is 2.34. The van der Waals surface area contributed by atoms with E-state index in [1.807, 2.05) is 0 Å². The molecule has 0 heterocycles. The third kappa shape index (κ3) is 4.45. The lowest BCUT2D eigenvalue weighted by molar-refractivity contribution is -0.139. The number of carboxylic acids is 1. The molecule has 5 heteroatoms. The number of rotatable bonds is 3. The topological polar surface area (TPSA) is 75.6 Å². The summed E-state index contributed by atoms with van der Waals surface area (Å²) in [5.74, 6) is -1.13. The maximum Gasteiger partial charge on any atom is 0.408 e. The van der Waals surface area contributed by atoms with Gasteiger partial charge in [0.2, 0.25) is 0 Å². The molecule has 0 fully saturated rings. The van der Waals surface area contributed by atoms with E-state index in [1.165, 1.54) is 0 Å². The molecule has 1 aromatic rings. The predicted molar refractivity (Wildman–Crippen MR) is 66.2 cm³/mol. The molecule has 5 nitrogen and oxygen atoms in total. The van der Waals surface area contributed by atoms with Crippen LogP contribution in [0.4, 0.5) is 4.79 Å². The quantitative estimate of drug-likeness (QED) is 0.866. The molecule has 18 heavy (non-hydrogen) atoms. The number of amides is 1. The van der Waals surface area contributed by atoms with Gasteiger partial charge in [0.25, 0.3) is 0 Å². The van der Waals surface area contributed by atoms with Crippen molar-refractivity contribution >= 4 is 12.1 Å². The maximum absolute atomic E-state index is 11.6. The summed E-state index contributed by atoms with van der Waals surface area (Å²) in [6.45, 7) is 5.14. The van der Waals surface area contributed by atoms with Gasteiger partial charge in [0.05, 0.1) is 0 Å². The molecule has 0 radical (unpaired) electrons. The lowest BCUT2D eigenvalue weighted by atomic mass is 10.2. The third-order valence-corrected chi connectivity index (χ3v) is 2.04. The Morgan fingerprint density at radius 3 is 2.33 bits per heavy atom. The average molecular weight is 253 g/mol. The number of carboxylic acid groups (broad SMARTS) is 1. The molecule has 1 amide bonds. The molecule has 2 N–H and O–H groups in total. The number of benzene rings is 1. The number of carbonyl (C=O) groups excluding carboxylic acids is 1. The second-order valence-electron chi connectivity index (χ2n) is 4.83. The lowest BCUT2D eigenvalue weighted by Crippen LogP contribution is -2.38. The Bertz CT molecular complexity index is 422. The second kappa shape index (κ2) is 5.53. The van der Waals surface area contributed by atoms with Crippen molar-refractivity contribution in [2.24, 2.45) is 0 Å². The molecule has 0 aliphatic carbocycles. The summed E-state index contributed by atoms with van der Waals surface area (Å²) in [5.41, 5.74) is -0.167. The van der Waals surface area contributed by atoms with E-state index in [9.17, 15) is 9.59 Å². The molecule has 98 valence electrons. The number of hydrogen-bond donors (Lipinski definition) is 2. The smallest absolute Gasteiger partial charge is 0.408 e. The highest BCUT2D eigenvalue weighted by Crippen LogP contribution is 2.14. The van der Waals surface area contributed by atoms with Gasteiger partial charge in [-0.2, -0.15) is 0 Å².